The van der Waals surface area contributed by atoms with E-state index < -0.39 is 11.8 Å². The van der Waals surface area contributed by atoms with E-state index in [0.29, 0.717) is 10.3 Å². The standard InChI is InChI=1S/C26H30N8O2S3.CH4/c27-15-19(17-7-3-1-4-8-17)23(35)29-25-33-31-21(38-25)11-13-37-14-12-22-32-34-26(39-22)30-24(36)20(16-28)18-9-5-2-6-10-18;/h1-10,19-20H,11-16,27-28H2,(H,29,33,35)(H,30,34,36);1H4. The number of hydrogen-bond acceptors (Lipinski definition) is 11. The minimum absolute atomic E-state index is 0. The summed E-state index contributed by atoms with van der Waals surface area (Å²) in [6.07, 6.45) is 1.49. The van der Waals surface area contributed by atoms with Crippen LogP contribution in [0, 0.1) is 0 Å². The summed E-state index contributed by atoms with van der Waals surface area (Å²) in [5, 5.41) is 24.9. The van der Waals surface area contributed by atoms with Crippen LogP contribution in [0.2, 0.25) is 0 Å². The van der Waals surface area contributed by atoms with Crippen molar-refractivity contribution in [2.75, 3.05) is 35.2 Å². The lowest BCUT2D eigenvalue weighted by Gasteiger charge is -2.13. The highest BCUT2D eigenvalue weighted by Gasteiger charge is 2.21. The number of nitrogens with two attached hydrogens (primary N) is 2. The second kappa shape index (κ2) is 16.1. The lowest BCUT2D eigenvalue weighted by Crippen LogP contribution is -2.27. The fraction of sp³-hybridized carbons (Fsp3) is 0.333. The first-order chi connectivity index (χ1) is 19.1. The van der Waals surface area contributed by atoms with Crippen molar-refractivity contribution >= 4 is 56.5 Å². The molecular formula is C27H34N8O2S3. The largest absolute Gasteiger partial charge is 0.329 e. The molecule has 6 N–H and O–H groups in total. The van der Waals surface area contributed by atoms with Gasteiger partial charge in [0.15, 0.2) is 0 Å². The molecule has 4 aromatic rings. The van der Waals surface area contributed by atoms with E-state index >= 15 is 0 Å². The lowest BCUT2D eigenvalue weighted by atomic mass is 9.99. The molecule has 40 heavy (non-hydrogen) atoms. The zero-order valence-electron chi connectivity index (χ0n) is 21.2. The van der Waals surface area contributed by atoms with Crippen molar-refractivity contribution in [2.45, 2.75) is 32.1 Å². The summed E-state index contributed by atoms with van der Waals surface area (Å²) in [7, 11) is 0. The third-order valence-corrected chi connectivity index (χ3v) is 8.61. The van der Waals surface area contributed by atoms with Gasteiger partial charge in [0.2, 0.25) is 22.1 Å². The molecule has 0 saturated heterocycles. The van der Waals surface area contributed by atoms with Gasteiger partial charge in [-0.15, -0.1) is 20.4 Å². The van der Waals surface area contributed by atoms with Crippen molar-refractivity contribution in [1.82, 2.24) is 20.4 Å². The van der Waals surface area contributed by atoms with Crippen LogP contribution in [0.25, 0.3) is 0 Å². The van der Waals surface area contributed by atoms with Gasteiger partial charge in [-0.1, -0.05) is 90.8 Å². The first-order valence-corrected chi connectivity index (χ1v) is 15.2. The molecule has 13 heteroatoms. The van der Waals surface area contributed by atoms with Gasteiger partial charge in [0.05, 0.1) is 11.8 Å². The van der Waals surface area contributed by atoms with E-state index in [9.17, 15) is 9.59 Å². The normalized spacial score (nSPS) is 12.2. The summed E-state index contributed by atoms with van der Waals surface area (Å²) in [6, 6.07) is 18.9. The first kappa shape index (κ1) is 31.3. The molecule has 0 spiro atoms. The summed E-state index contributed by atoms with van der Waals surface area (Å²) in [6.45, 7) is 0.422. The van der Waals surface area contributed by atoms with Crippen LogP contribution < -0.4 is 22.1 Å². The van der Waals surface area contributed by atoms with Gasteiger partial charge >= 0.3 is 0 Å². The Balaban J connectivity index is 0.00000441. The lowest BCUT2D eigenvalue weighted by molar-refractivity contribution is -0.118. The molecule has 2 aromatic carbocycles. The van der Waals surface area contributed by atoms with Crippen LogP contribution in [0.1, 0.15) is 40.4 Å². The van der Waals surface area contributed by atoms with Crippen LogP contribution in [0.4, 0.5) is 10.3 Å². The molecule has 2 atom stereocenters. The topological polar surface area (TPSA) is 162 Å². The summed E-state index contributed by atoms with van der Waals surface area (Å²) >= 11 is 4.52. The Bertz CT molecular complexity index is 1230. The Morgan fingerprint density at radius 3 is 1.48 bits per heavy atom. The molecule has 2 unspecified atom stereocenters. The molecule has 0 aliphatic carbocycles. The zero-order valence-corrected chi connectivity index (χ0v) is 23.6. The predicted molar refractivity (Wildman–Crippen MR) is 165 cm³/mol. The highest BCUT2D eigenvalue weighted by molar-refractivity contribution is 7.99. The fourth-order valence-electron chi connectivity index (χ4n) is 3.78. The quantitative estimate of drug-likeness (QED) is 0.158. The van der Waals surface area contributed by atoms with Gasteiger partial charge in [-0.25, -0.2) is 0 Å². The smallest absolute Gasteiger partial charge is 0.235 e. The highest BCUT2D eigenvalue weighted by atomic mass is 32.2. The maximum atomic E-state index is 12.7. The average molecular weight is 599 g/mol. The maximum absolute atomic E-state index is 12.7. The second-order valence-corrected chi connectivity index (χ2v) is 11.8. The molecule has 212 valence electrons. The van der Waals surface area contributed by atoms with Crippen LogP contribution >= 0.6 is 34.4 Å². The van der Waals surface area contributed by atoms with Crippen LogP contribution in [-0.4, -0.2) is 56.8 Å². The van der Waals surface area contributed by atoms with E-state index in [0.717, 1.165) is 45.5 Å². The molecule has 2 heterocycles. The molecule has 0 fully saturated rings. The fourth-order valence-corrected chi connectivity index (χ4v) is 6.40. The first-order valence-electron chi connectivity index (χ1n) is 12.4. The van der Waals surface area contributed by atoms with Crippen molar-refractivity contribution in [3.8, 4) is 0 Å². The van der Waals surface area contributed by atoms with Gasteiger partial charge in [0.25, 0.3) is 0 Å². The molecule has 2 aromatic heterocycles. The average Bonchev–Trinajstić information content (AvgIpc) is 3.59. The SMILES string of the molecule is C.NCC(C(=O)Nc1nnc(CCSCCc2nnc(NC(=O)C(CN)c3ccccc3)s2)s1)c1ccccc1. The molecule has 2 amide bonds. The number of aromatic nitrogens is 4. The van der Waals surface area contributed by atoms with Crippen LogP contribution in [0.15, 0.2) is 60.7 Å². The monoisotopic (exact) mass is 598 g/mol. The summed E-state index contributed by atoms with van der Waals surface area (Å²) < 4.78 is 0. The Labute approximate surface area is 246 Å². The van der Waals surface area contributed by atoms with E-state index in [-0.39, 0.29) is 32.3 Å². The highest BCUT2D eigenvalue weighted by Crippen LogP contribution is 2.23. The Kier molecular flexibility index (Phi) is 12.6. The number of amides is 2. The number of aryl methyl sites for hydroxylation is 2. The number of thioether (sulfide) groups is 1. The molecule has 10 nitrogen and oxygen atoms in total. The van der Waals surface area contributed by atoms with Crippen molar-refractivity contribution < 1.29 is 9.59 Å². The van der Waals surface area contributed by atoms with Gasteiger partial charge in [0.1, 0.15) is 10.0 Å². The third kappa shape index (κ3) is 8.89. The van der Waals surface area contributed by atoms with E-state index in [2.05, 4.69) is 31.0 Å². The van der Waals surface area contributed by atoms with Gasteiger partial charge in [-0.05, 0) is 22.6 Å². The number of carbonyl (C=O) groups is 2. The number of benzene rings is 2. The summed E-state index contributed by atoms with van der Waals surface area (Å²) in [4.78, 5) is 25.3. The molecule has 0 saturated carbocycles. The van der Waals surface area contributed by atoms with Crippen molar-refractivity contribution in [3.63, 3.8) is 0 Å². The zero-order chi connectivity index (χ0) is 27.5. The number of hydrogen-bond donors (Lipinski definition) is 4. The third-order valence-electron chi connectivity index (χ3n) is 5.82. The van der Waals surface area contributed by atoms with E-state index in [1.807, 2.05) is 60.7 Å². The van der Waals surface area contributed by atoms with Crippen molar-refractivity contribution in [3.05, 3.63) is 81.8 Å². The summed E-state index contributed by atoms with van der Waals surface area (Å²) in [5.41, 5.74) is 13.4. The summed E-state index contributed by atoms with van der Waals surface area (Å²) in [5.74, 6) is 0.466. The molecular weight excluding hydrogens is 565 g/mol. The van der Waals surface area contributed by atoms with E-state index in [1.54, 1.807) is 11.8 Å². The predicted octanol–water partition coefficient (Wildman–Crippen LogP) is 3.91. The maximum Gasteiger partial charge on any atom is 0.235 e. The van der Waals surface area contributed by atoms with Crippen molar-refractivity contribution in [1.29, 1.82) is 0 Å². The van der Waals surface area contributed by atoms with Gasteiger partial charge < -0.3 is 11.5 Å². The number of rotatable bonds is 14. The van der Waals surface area contributed by atoms with Gasteiger partial charge in [0, 0.05) is 25.9 Å². The number of nitrogens with zero attached hydrogens (tertiary/aromatic N) is 4. The van der Waals surface area contributed by atoms with Crippen LogP contribution in [0.3, 0.4) is 0 Å². The number of carbonyl (C=O) groups excluding carboxylic acids is 2. The van der Waals surface area contributed by atoms with Crippen molar-refractivity contribution in [2.24, 2.45) is 11.5 Å². The molecule has 0 aliphatic heterocycles. The number of anilines is 2. The van der Waals surface area contributed by atoms with E-state index in [4.69, 9.17) is 11.5 Å². The number of nitrogens with one attached hydrogen (secondary N) is 2. The van der Waals surface area contributed by atoms with E-state index in [1.165, 1.54) is 22.7 Å². The molecule has 0 bridgehead atoms. The van der Waals surface area contributed by atoms with Gasteiger partial charge in [-0.2, -0.15) is 11.8 Å². The minimum Gasteiger partial charge on any atom is -0.329 e. The Hall–Kier alpha value is -3.23. The molecule has 0 radical (unpaired) electrons. The van der Waals surface area contributed by atoms with Crippen LogP contribution in [0.5, 0.6) is 0 Å². The van der Waals surface area contributed by atoms with Gasteiger partial charge in [-0.3, -0.25) is 20.2 Å². The second-order valence-electron chi connectivity index (χ2n) is 8.49. The Morgan fingerprint density at radius 2 is 1.10 bits per heavy atom. The molecule has 0 aliphatic rings. The minimum atomic E-state index is -0.436. The molecule has 4 rings (SSSR count). The van der Waals surface area contributed by atoms with Crippen LogP contribution in [-0.2, 0) is 22.4 Å². The Morgan fingerprint density at radius 1 is 0.700 bits per heavy atom.